The highest BCUT2D eigenvalue weighted by atomic mass is 35.6. The minimum absolute atomic E-state index is 0.103. The van der Waals surface area contributed by atoms with Gasteiger partial charge in [-0.3, -0.25) is 4.79 Å². The van der Waals surface area contributed by atoms with E-state index in [2.05, 4.69) is 4.74 Å². The molecule has 3 nitrogen and oxygen atoms in total. The van der Waals surface area contributed by atoms with E-state index in [1.54, 1.807) is 6.92 Å². The average molecular weight is 348 g/mol. The fourth-order valence-electron chi connectivity index (χ4n) is 0.775. The molecule has 1 unspecified atom stereocenters. The van der Waals surface area contributed by atoms with Gasteiger partial charge < -0.3 is 9.84 Å². The summed E-state index contributed by atoms with van der Waals surface area (Å²) in [6.07, 6.45) is 0.272. The van der Waals surface area contributed by atoms with E-state index in [0.717, 1.165) is 0 Å². The van der Waals surface area contributed by atoms with Gasteiger partial charge in [0.15, 0.2) is 3.79 Å². The maximum atomic E-state index is 9.82. The van der Waals surface area contributed by atoms with Crippen LogP contribution in [0.5, 0.6) is 0 Å². The van der Waals surface area contributed by atoms with E-state index >= 15 is 0 Å². The first-order valence-corrected chi connectivity index (χ1v) is 6.76. The number of ether oxygens (including phenoxy) is 1. The number of hydrogen-bond acceptors (Lipinski definition) is 3. The van der Waals surface area contributed by atoms with Crippen LogP contribution in [0.15, 0.2) is 0 Å². The molecule has 1 atom stereocenters. The normalized spacial score (nSPS) is 12.8. The number of carbonyl (C=O) groups excluding carboxylic acids is 1. The molecule has 0 aromatic heterocycles. The Labute approximate surface area is 126 Å². The molecule has 0 aliphatic rings. The van der Waals surface area contributed by atoms with E-state index in [0.29, 0.717) is 6.61 Å². The molecule has 0 aromatic rings. The molecule has 0 spiro atoms. The quantitative estimate of drug-likeness (QED) is 0.622. The van der Waals surface area contributed by atoms with Crippen LogP contribution in [-0.2, 0) is 9.53 Å². The average Bonchev–Trinajstić information content (AvgIpc) is 2.12. The minimum atomic E-state index is -1.52. The van der Waals surface area contributed by atoms with Gasteiger partial charge >= 0.3 is 5.97 Å². The van der Waals surface area contributed by atoms with Crippen molar-refractivity contribution in [1.29, 1.82) is 0 Å². The zero-order chi connectivity index (χ0) is 14.1. The molecule has 8 heteroatoms. The number of alkyl halides is 5. The molecular formula is C9H15Cl5O3. The highest BCUT2D eigenvalue weighted by Gasteiger charge is 2.36. The van der Waals surface area contributed by atoms with Crippen LogP contribution in [0, 0.1) is 5.92 Å². The molecule has 0 rings (SSSR count). The van der Waals surface area contributed by atoms with Gasteiger partial charge in [0.25, 0.3) is 0 Å². The Hall–Kier alpha value is 0.880. The molecule has 0 aliphatic heterocycles. The summed E-state index contributed by atoms with van der Waals surface area (Å²) in [6, 6.07) is 0. The standard InChI is InChI=1S/C5H7Cl5O.C4H8O2/c6-4(7)3(1-2-11)5(8,9)10;1-3-6-4(2)5/h3-4,11H,1-2H2;3H2,1-2H3. The third kappa shape index (κ3) is 13.1. The first-order valence-electron chi connectivity index (χ1n) is 4.75. The Morgan fingerprint density at radius 3 is 1.88 bits per heavy atom. The van der Waals surface area contributed by atoms with Crippen molar-refractivity contribution in [3.63, 3.8) is 0 Å². The van der Waals surface area contributed by atoms with Gasteiger partial charge in [-0.25, -0.2) is 0 Å². The lowest BCUT2D eigenvalue weighted by Crippen LogP contribution is -2.26. The molecule has 0 radical (unpaired) electrons. The van der Waals surface area contributed by atoms with Crippen LogP contribution in [0.3, 0.4) is 0 Å². The molecule has 1 N–H and O–H groups in total. The zero-order valence-corrected chi connectivity index (χ0v) is 13.2. The topological polar surface area (TPSA) is 46.5 Å². The second-order valence-corrected chi connectivity index (χ2v) is 6.45. The summed E-state index contributed by atoms with van der Waals surface area (Å²) < 4.78 is 2.89. The van der Waals surface area contributed by atoms with E-state index in [9.17, 15) is 4.79 Å². The fraction of sp³-hybridized carbons (Fsp3) is 0.889. The molecular weight excluding hydrogens is 333 g/mol. The van der Waals surface area contributed by atoms with Crippen molar-refractivity contribution in [1.82, 2.24) is 0 Å². The Bertz CT molecular complexity index is 205. The van der Waals surface area contributed by atoms with Crippen molar-refractivity contribution in [2.45, 2.75) is 28.9 Å². The smallest absolute Gasteiger partial charge is 0.302 e. The number of carbonyl (C=O) groups is 1. The number of esters is 1. The number of hydrogen-bond donors (Lipinski definition) is 1. The van der Waals surface area contributed by atoms with Crippen LogP contribution < -0.4 is 0 Å². The second kappa shape index (κ2) is 10.8. The van der Waals surface area contributed by atoms with E-state index in [-0.39, 0.29) is 19.0 Å². The summed E-state index contributed by atoms with van der Waals surface area (Å²) in [4.78, 5) is 9.04. The molecule has 0 bridgehead atoms. The largest absolute Gasteiger partial charge is 0.466 e. The van der Waals surface area contributed by atoms with Gasteiger partial charge in [0.2, 0.25) is 0 Å². The van der Waals surface area contributed by atoms with E-state index < -0.39 is 14.5 Å². The first-order chi connectivity index (χ1) is 7.66. The van der Waals surface area contributed by atoms with Gasteiger partial charge in [-0.05, 0) is 13.3 Å². The summed E-state index contributed by atoms with van der Waals surface area (Å²) in [6.45, 7) is 3.55. The van der Waals surface area contributed by atoms with Crippen LogP contribution in [0.25, 0.3) is 0 Å². The Morgan fingerprint density at radius 1 is 1.35 bits per heavy atom. The molecule has 17 heavy (non-hydrogen) atoms. The zero-order valence-electron chi connectivity index (χ0n) is 9.43. The maximum absolute atomic E-state index is 9.82. The predicted octanol–water partition coefficient (Wildman–Crippen LogP) is 3.73. The second-order valence-electron chi connectivity index (χ2n) is 2.92. The highest BCUT2D eigenvalue weighted by molar-refractivity contribution is 6.68. The summed E-state index contributed by atoms with van der Waals surface area (Å²) in [5.41, 5.74) is 0. The molecule has 0 amide bonds. The third-order valence-corrected chi connectivity index (χ3v) is 2.96. The molecule has 0 saturated heterocycles. The summed E-state index contributed by atoms with van der Waals surface area (Å²) in [5, 5.41) is 8.56. The van der Waals surface area contributed by atoms with Crippen LogP contribution in [-0.4, -0.2) is 32.9 Å². The van der Waals surface area contributed by atoms with Gasteiger partial charge in [0.05, 0.1) is 6.61 Å². The van der Waals surface area contributed by atoms with E-state index in [4.69, 9.17) is 63.1 Å². The number of aliphatic hydroxyl groups excluding tert-OH is 1. The fourth-order valence-corrected chi connectivity index (χ4v) is 2.50. The molecule has 0 heterocycles. The highest BCUT2D eigenvalue weighted by Crippen LogP contribution is 2.41. The lowest BCUT2D eigenvalue weighted by Gasteiger charge is -2.24. The molecule has 0 saturated carbocycles. The Kier molecular flexibility index (Phi) is 12.8. The number of aliphatic hydroxyl groups is 1. The van der Waals surface area contributed by atoms with Gasteiger partial charge in [-0.2, -0.15) is 0 Å². The van der Waals surface area contributed by atoms with Crippen molar-refractivity contribution in [3.05, 3.63) is 0 Å². The lowest BCUT2D eigenvalue weighted by molar-refractivity contribution is -0.140. The van der Waals surface area contributed by atoms with Crippen LogP contribution in [0.4, 0.5) is 0 Å². The molecule has 104 valence electrons. The third-order valence-electron chi connectivity index (χ3n) is 1.51. The van der Waals surface area contributed by atoms with Crippen molar-refractivity contribution in [3.8, 4) is 0 Å². The summed E-state index contributed by atoms with van der Waals surface area (Å²) in [5.74, 6) is -0.752. The van der Waals surface area contributed by atoms with Crippen LogP contribution >= 0.6 is 58.0 Å². The SMILES string of the molecule is CCOC(C)=O.OCCC(C(Cl)Cl)C(Cl)(Cl)Cl. The summed E-state index contributed by atoms with van der Waals surface area (Å²) >= 11 is 27.6. The Morgan fingerprint density at radius 2 is 1.82 bits per heavy atom. The van der Waals surface area contributed by atoms with E-state index in [1.807, 2.05) is 0 Å². The van der Waals surface area contributed by atoms with E-state index in [1.165, 1.54) is 6.92 Å². The maximum Gasteiger partial charge on any atom is 0.302 e. The van der Waals surface area contributed by atoms with Crippen molar-refractivity contribution >= 4 is 64.0 Å². The van der Waals surface area contributed by atoms with Crippen molar-refractivity contribution < 1.29 is 14.6 Å². The monoisotopic (exact) mass is 346 g/mol. The first kappa shape index (κ1) is 20.2. The lowest BCUT2D eigenvalue weighted by atomic mass is 10.1. The number of rotatable bonds is 4. The van der Waals surface area contributed by atoms with Crippen molar-refractivity contribution in [2.24, 2.45) is 5.92 Å². The van der Waals surface area contributed by atoms with Crippen LogP contribution in [0.2, 0.25) is 0 Å². The summed E-state index contributed by atoms with van der Waals surface area (Å²) in [7, 11) is 0. The molecule has 0 fully saturated rings. The molecule has 0 aromatic carbocycles. The number of halogens is 5. The van der Waals surface area contributed by atoms with Crippen molar-refractivity contribution in [2.75, 3.05) is 13.2 Å². The van der Waals surface area contributed by atoms with Crippen LogP contribution in [0.1, 0.15) is 20.3 Å². The Balaban J connectivity index is 0. The van der Waals surface area contributed by atoms with Gasteiger partial charge in [-0.15, -0.1) is 23.2 Å². The van der Waals surface area contributed by atoms with Gasteiger partial charge in [-0.1, -0.05) is 34.8 Å². The molecule has 0 aliphatic carbocycles. The predicted molar refractivity (Wildman–Crippen MR) is 73.3 cm³/mol. The van der Waals surface area contributed by atoms with Gasteiger partial charge in [0.1, 0.15) is 4.84 Å². The minimum Gasteiger partial charge on any atom is -0.466 e. The van der Waals surface area contributed by atoms with Gasteiger partial charge in [0, 0.05) is 19.4 Å².